The first kappa shape index (κ1) is 19.8. The Balaban J connectivity index is 1.80. The van der Waals surface area contributed by atoms with Crippen LogP contribution in [0.1, 0.15) is 29.7 Å². The Morgan fingerprint density at radius 1 is 1.25 bits per heavy atom. The van der Waals surface area contributed by atoms with Crippen molar-refractivity contribution in [3.05, 3.63) is 63.9 Å². The summed E-state index contributed by atoms with van der Waals surface area (Å²) in [6.45, 7) is 6.04. The van der Waals surface area contributed by atoms with Gasteiger partial charge in [-0.05, 0) is 45.1 Å². The number of methoxy groups -OCH3 is 1. The number of benzene rings is 2. The molecule has 0 saturated carbocycles. The molecule has 6 nitrogen and oxygen atoms in total. The molecule has 1 aromatic heterocycles. The zero-order chi connectivity index (χ0) is 20.3. The fraction of sp³-hybridized carbons (Fsp3) is 0.286. The lowest BCUT2D eigenvalue weighted by Gasteiger charge is -2.18. The predicted molar refractivity (Wildman–Crippen MR) is 112 cm³/mol. The standard InChI is InChI=1S/C21H24N4O2S/c1-13-6-5-7-16(10-13)20-23-24-21(28)25(20)12-19(26)22-15(3)17-11-14(2)8-9-18(17)27-4/h5-11,15H,12H2,1-4H3,(H,22,26)(H,24,28). The van der Waals surface area contributed by atoms with Gasteiger partial charge in [0.25, 0.3) is 0 Å². The zero-order valence-electron chi connectivity index (χ0n) is 16.4. The second-order valence-electron chi connectivity index (χ2n) is 6.84. The number of aromatic nitrogens is 3. The number of carbonyl (C=O) groups is 1. The number of amides is 1. The van der Waals surface area contributed by atoms with Gasteiger partial charge < -0.3 is 10.1 Å². The van der Waals surface area contributed by atoms with Crippen LogP contribution in [0.2, 0.25) is 0 Å². The molecule has 0 spiro atoms. The molecule has 28 heavy (non-hydrogen) atoms. The van der Waals surface area contributed by atoms with Crippen LogP contribution in [0.3, 0.4) is 0 Å². The molecule has 0 fully saturated rings. The number of aryl methyl sites for hydroxylation is 2. The van der Waals surface area contributed by atoms with Crippen molar-refractivity contribution < 1.29 is 9.53 Å². The number of nitrogens with zero attached hydrogens (tertiary/aromatic N) is 2. The van der Waals surface area contributed by atoms with Crippen molar-refractivity contribution in [2.24, 2.45) is 0 Å². The Bertz CT molecular complexity index is 1050. The minimum absolute atomic E-state index is 0.0804. The molecule has 7 heteroatoms. The molecule has 0 aliphatic rings. The number of H-pyrrole nitrogens is 1. The van der Waals surface area contributed by atoms with Crippen LogP contribution in [-0.2, 0) is 11.3 Å². The summed E-state index contributed by atoms with van der Waals surface area (Å²) in [6, 6.07) is 13.6. The average molecular weight is 397 g/mol. The van der Waals surface area contributed by atoms with Crippen molar-refractivity contribution in [2.75, 3.05) is 7.11 Å². The predicted octanol–water partition coefficient (Wildman–Crippen LogP) is 4.11. The fourth-order valence-corrected chi connectivity index (χ4v) is 3.37. The summed E-state index contributed by atoms with van der Waals surface area (Å²) in [5.41, 5.74) is 4.07. The molecule has 1 amide bonds. The molecule has 3 aromatic rings. The van der Waals surface area contributed by atoms with E-state index >= 15 is 0 Å². The fourth-order valence-electron chi connectivity index (χ4n) is 3.17. The summed E-state index contributed by atoms with van der Waals surface area (Å²) in [5, 5.41) is 10.1. The molecule has 2 aromatic carbocycles. The molecular weight excluding hydrogens is 372 g/mol. The van der Waals surface area contributed by atoms with Crippen LogP contribution >= 0.6 is 12.2 Å². The Hall–Kier alpha value is -2.93. The third kappa shape index (κ3) is 4.31. The monoisotopic (exact) mass is 396 g/mol. The van der Waals surface area contributed by atoms with Crippen LogP contribution in [0, 0.1) is 18.6 Å². The Morgan fingerprint density at radius 2 is 2.00 bits per heavy atom. The van der Waals surface area contributed by atoms with Crippen molar-refractivity contribution in [3.8, 4) is 17.1 Å². The van der Waals surface area contributed by atoms with Gasteiger partial charge in [-0.2, -0.15) is 5.10 Å². The molecule has 0 aliphatic heterocycles. The van der Waals surface area contributed by atoms with Gasteiger partial charge in [0.1, 0.15) is 12.3 Å². The van der Waals surface area contributed by atoms with Crippen molar-refractivity contribution >= 4 is 18.1 Å². The van der Waals surface area contributed by atoms with Gasteiger partial charge in [-0.1, -0.05) is 41.5 Å². The SMILES string of the molecule is COc1ccc(C)cc1C(C)NC(=O)Cn1c(-c2cccc(C)c2)n[nH]c1=S. The Kier molecular flexibility index (Phi) is 5.94. The largest absolute Gasteiger partial charge is 0.496 e. The third-order valence-corrected chi connectivity index (χ3v) is 4.88. The molecule has 2 N–H and O–H groups in total. The van der Waals surface area contributed by atoms with Gasteiger partial charge in [0.15, 0.2) is 10.6 Å². The average Bonchev–Trinajstić information content (AvgIpc) is 3.02. The first-order valence-corrected chi connectivity index (χ1v) is 9.46. The molecule has 0 radical (unpaired) electrons. The van der Waals surface area contributed by atoms with Crippen molar-refractivity contribution in [1.82, 2.24) is 20.1 Å². The molecule has 1 atom stereocenters. The quantitative estimate of drug-likeness (QED) is 0.615. The molecule has 1 heterocycles. The smallest absolute Gasteiger partial charge is 0.240 e. The summed E-state index contributed by atoms with van der Waals surface area (Å²) < 4.78 is 7.55. The second-order valence-corrected chi connectivity index (χ2v) is 7.23. The Labute approximate surface area is 169 Å². The van der Waals surface area contributed by atoms with Crippen molar-refractivity contribution in [3.63, 3.8) is 0 Å². The van der Waals surface area contributed by atoms with Gasteiger partial charge in [-0.25, -0.2) is 0 Å². The summed E-state index contributed by atoms with van der Waals surface area (Å²) in [5.74, 6) is 1.24. The number of aromatic amines is 1. The lowest BCUT2D eigenvalue weighted by Crippen LogP contribution is -2.30. The number of rotatable bonds is 6. The van der Waals surface area contributed by atoms with Crippen LogP contribution in [0.5, 0.6) is 5.75 Å². The number of ether oxygens (including phenoxy) is 1. The van der Waals surface area contributed by atoms with E-state index in [2.05, 4.69) is 15.5 Å². The van der Waals surface area contributed by atoms with E-state index in [9.17, 15) is 4.79 Å². The molecule has 0 saturated heterocycles. The first-order valence-electron chi connectivity index (χ1n) is 9.05. The van der Waals surface area contributed by atoms with E-state index in [1.54, 1.807) is 11.7 Å². The highest BCUT2D eigenvalue weighted by atomic mass is 32.1. The van der Waals surface area contributed by atoms with Crippen LogP contribution in [0.15, 0.2) is 42.5 Å². The summed E-state index contributed by atoms with van der Waals surface area (Å²) in [7, 11) is 1.63. The molecule has 0 bridgehead atoms. The van der Waals surface area contributed by atoms with E-state index in [0.29, 0.717) is 10.6 Å². The maximum atomic E-state index is 12.7. The second kappa shape index (κ2) is 8.39. The number of hydrogen-bond donors (Lipinski definition) is 2. The summed E-state index contributed by atoms with van der Waals surface area (Å²) in [6.07, 6.45) is 0. The van der Waals surface area contributed by atoms with E-state index < -0.39 is 0 Å². The highest BCUT2D eigenvalue weighted by Gasteiger charge is 2.17. The highest BCUT2D eigenvalue weighted by Crippen LogP contribution is 2.26. The third-order valence-electron chi connectivity index (χ3n) is 4.57. The number of nitrogens with one attached hydrogen (secondary N) is 2. The molecular formula is C21H24N4O2S. The van der Waals surface area contributed by atoms with Gasteiger partial charge in [0.05, 0.1) is 13.2 Å². The van der Waals surface area contributed by atoms with Gasteiger partial charge >= 0.3 is 0 Å². The van der Waals surface area contributed by atoms with Gasteiger partial charge in [0.2, 0.25) is 5.91 Å². The minimum Gasteiger partial charge on any atom is -0.496 e. The maximum absolute atomic E-state index is 12.7. The molecule has 1 unspecified atom stereocenters. The molecule has 3 rings (SSSR count). The van der Waals surface area contributed by atoms with E-state index in [1.165, 1.54) is 0 Å². The van der Waals surface area contributed by atoms with E-state index in [1.807, 2.05) is 63.2 Å². The van der Waals surface area contributed by atoms with E-state index in [4.69, 9.17) is 17.0 Å². The minimum atomic E-state index is -0.203. The maximum Gasteiger partial charge on any atom is 0.240 e. The van der Waals surface area contributed by atoms with Gasteiger partial charge in [-0.15, -0.1) is 0 Å². The zero-order valence-corrected chi connectivity index (χ0v) is 17.3. The highest BCUT2D eigenvalue weighted by molar-refractivity contribution is 7.71. The van der Waals surface area contributed by atoms with E-state index in [-0.39, 0.29) is 18.5 Å². The van der Waals surface area contributed by atoms with Crippen LogP contribution in [0.25, 0.3) is 11.4 Å². The van der Waals surface area contributed by atoms with Gasteiger partial charge in [0, 0.05) is 11.1 Å². The number of carbonyl (C=O) groups excluding carboxylic acids is 1. The normalized spacial score (nSPS) is 11.9. The van der Waals surface area contributed by atoms with Crippen molar-refractivity contribution in [2.45, 2.75) is 33.4 Å². The van der Waals surface area contributed by atoms with Gasteiger partial charge in [-0.3, -0.25) is 14.5 Å². The first-order chi connectivity index (χ1) is 13.4. The Morgan fingerprint density at radius 3 is 2.71 bits per heavy atom. The van der Waals surface area contributed by atoms with Crippen LogP contribution in [0.4, 0.5) is 0 Å². The summed E-state index contributed by atoms with van der Waals surface area (Å²) in [4.78, 5) is 12.7. The molecule has 146 valence electrons. The summed E-state index contributed by atoms with van der Waals surface area (Å²) >= 11 is 5.33. The lowest BCUT2D eigenvalue weighted by molar-refractivity contribution is -0.122. The number of hydrogen-bond acceptors (Lipinski definition) is 4. The van der Waals surface area contributed by atoms with Crippen LogP contribution in [-0.4, -0.2) is 27.8 Å². The topological polar surface area (TPSA) is 71.9 Å². The molecule has 0 aliphatic carbocycles. The van der Waals surface area contributed by atoms with Crippen LogP contribution < -0.4 is 10.1 Å². The lowest BCUT2D eigenvalue weighted by atomic mass is 10.0. The van der Waals surface area contributed by atoms with E-state index in [0.717, 1.165) is 28.0 Å². The van der Waals surface area contributed by atoms with Crippen molar-refractivity contribution in [1.29, 1.82) is 0 Å².